The average molecular weight is 536 g/mol. The second-order valence-corrected chi connectivity index (χ2v) is 12.6. The highest BCUT2D eigenvalue weighted by Gasteiger charge is 2.63. The molecule has 2 aromatic carbocycles. The highest BCUT2D eigenvalue weighted by molar-refractivity contribution is 7.89. The number of aromatic nitrogens is 1. The molecule has 0 aliphatic carbocycles. The van der Waals surface area contributed by atoms with Gasteiger partial charge in [0.05, 0.1) is 24.6 Å². The Morgan fingerprint density at radius 3 is 2.39 bits per heavy atom. The summed E-state index contributed by atoms with van der Waals surface area (Å²) in [6.45, 7) is 2.48. The van der Waals surface area contributed by atoms with E-state index in [0.717, 1.165) is 42.4 Å². The van der Waals surface area contributed by atoms with Crippen molar-refractivity contribution in [3.8, 4) is 0 Å². The zero-order valence-electron chi connectivity index (χ0n) is 21.8. The summed E-state index contributed by atoms with van der Waals surface area (Å²) in [5.74, 6) is -0.182. The van der Waals surface area contributed by atoms with Crippen molar-refractivity contribution < 1.29 is 17.9 Å². The predicted molar refractivity (Wildman–Crippen MR) is 145 cm³/mol. The fraction of sp³-hybridized carbons (Fsp3) is 0.429. The molecule has 38 heavy (non-hydrogen) atoms. The number of ether oxygens (including phenoxy) is 1. The van der Waals surface area contributed by atoms with E-state index in [4.69, 9.17) is 4.74 Å². The predicted octanol–water partition coefficient (Wildman–Crippen LogP) is 2.40. The lowest BCUT2D eigenvalue weighted by atomic mass is 9.86. The number of piperidine rings is 1. The van der Waals surface area contributed by atoms with E-state index >= 15 is 0 Å². The second-order valence-electron chi connectivity index (χ2n) is 10.7. The Kier molecular flexibility index (Phi) is 6.18. The van der Waals surface area contributed by atoms with Gasteiger partial charge < -0.3 is 14.5 Å². The quantitative estimate of drug-likeness (QED) is 0.496. The molecular weight excluding hydrogens is 502 g/mol. The lowest BCUT2D eigenvalue weighted by Gasteiger charge is -2.50. The summed E-state index contributed by atoms with van der Waals surface area (Å²) in [6, 6.07) is 16.9. The number of methoxy groups -OCH3 is 1. The van der Waals surface area contributed by atoms with Gasteiger partial charge in [-0.05, 0) is 54.9 Å². The summed E-state index contributed by atoms with van der Waals surface area (Å²) in [5.41, 5.74) is 0.0244. The summed E-state index contributed by atoms with van der Waals surface area (Å²) in [5, 5.41) is 1.82. The Morgan fingerprint density at radius 1 is 0.974 bits per heavy atom. The van der Waals surface area contributed by atoms with Gasteiger partial charge in [-0.15, -0.1) is 0 Å². The molecule has 1 unspecified atom stereocenters. The lowest BCUT2D eigenvalue weighted by molar-refractivity contribution is -0.152. The Hall–Kier alpha value is -3.05. The molecule has 1 aromatic heterocycles. The molecule has 0 bridgehead atoms. The van der Waals surface area contributed by atoms with Crippen LogP contribution < -0.4 is 4.90 Å². The number of sulfonamides is 1. The van der Waals surface area contributed by atoms with E-state index in [1.165, 1.54) is 4.31 Å². The van der Waals surface area contributed by atoms with Crippen LogP contribution in [0.15, 0.2) is 71.9 Å². The Bertz CT molecular complexity index is 1460. The van der Waals surface area contributed by atoms with Crippen LogP contribution in [0.3, 0.4) is 0 Å². The first-order valence-corrected chi connectivity index (χ1v) is 14.4. The first-order valence-electron chi connectivity index (χ1n) is 13.0. The van der Waals surface area contributed by atoms with Crippen LogP contribution in [0.25, 0.3) is 10.8 Å². The highest BCUT2D eigenvalue weighted by atomic mass is 32.2. The van der Waals surface area contributed by atoms with Crippen LogP contribution in [-0.4, -0.2) is 98.1 Å². The molecule has 200 valence electrons. The number of fused-ring (bicyclic) bond motifs is 2. The number of carbonyl (C=O) groups is 1. The maximum Gasteiger partial charge on any atom is 0.243 e. The van der Waals surface area contributed by atoms with Gasteiger partial charge in [-0.3, -0.25) is 14.7 Å². The van der Waals surface area contributed by atoms with Gasteiger partial charge in [-0.2, -0.15) is 4.31 Å². The van der Waals surface area contributed by atoms with Crippen LogP contribution in [0.4, 0.5) is 5.69 Å². The number of pyridine rings is 1. The first kappa shape index (κ1) is 25.2. The third-order valence-electron chi connectivity index (χ3n) is 8.79. The fourth-order valence-electron chi connectivity index (χ4n) is 6.58. The third-order valence-corrected chi connectivity index (χ3v) is 10.6. The summed E-state index contributed by atoms with van der Waals surface area (Å²) < 4.78 is 34.8. The van der Waals surface area contributed by atoms with Crippen molar-refractivity contribution in [1.82, 2.24) is 19.1 Å². The highest BCUT2D eigenvalue weighted by Crippen LogP contribution is 2.45. The van der Waals surface area contributed by atoms with Crippen LogP contribution >= 0.6 is 0 Å². The van der Waals surface area contributed by atoms with Crippen molar-refractivity contribution in [2.75, 3.05) is 58.4 Å². The van der Waals surface area contributed by atoms with Crippen LogP contribution in [0.2, 0.25) is 0 Å². The van der Waals surface area contributed by atoms with Gasteiger partial charge in [-0.25, -0.2) is 8.42 Å². The number of anilines is 1. The Morgan fingerprint density at radius 2 is 1.68 bits per heavy atom. The number of nitrogens with zero attached hydrogens (tertiary/aromatic N) is 5. The number of benzene rings is 2. The largest absolute Gasteiger partial charge is 0.381 e. The summed E-state index contributed by atoms with van der Waals surface area (Å²) >= 11 is 0. The van der Waals surface area contributed by atoms with Gasteiger partial charge in [0.15, 0.2) is 0 Å². The van der Waals surface area contributed by atoms with Crippen molar-refractivity contribution in [2.45, 2.75) is 28.9 Å². The van der Waals surface area contributed by atoms with Gasteiger partial charge in [-0.1, -0.05) is 30.3 Å². The molecule has 0 radical (unpaired) electrons. The zero-order valence-corrected chi connectivity index (χ0v) is 22.6. The molecule has 3 aliphatic heterocycles. The van der Waals surface area contributed by atoms with Gasteiger partial charge >= 0.3 is 0 Å². The second kappa shape index (κ2) is 9.30. The van der Waals surface area contributed by atoms with E-state index in [2.05, 4.69) is 14.8 Å². The molecule has 3 aromatic rings. The van der Waals surface area contributed by atoms with Crippen LogP contribution in [0, 0.1) is 0 Å². The normalized spacial score (nSPS) is 24.3. The maximum atomic E-state index is 13.9. The molecule has 1 atom stereocenters. The van der Waals surface area contributed by atoms with Crippen molar-refractivity contribution in [2.24, 2.45) is 0 Å². The minimum Gasteiger partial charge on any atom is -0.381 e. The molecule has 0 saturated carbocycles. The average Bonchev–Trinajstić information content (AvgIpc) is 3.17. The number of likely N-dealkylation sites (N-methyl/N-ethyl adjacent to an activating group) is 1. The van der Waals surface area contributed by atoms with Crippen molar-refractivity contribution in [1.29, 1.82) is 0 Å². The first-order chi connectivity index (χ1) is 18.3. The van der Waals surface area contributed by atoms with Crippen molar-refractivity contribution in [3.05, 3.63) is 67.0 Å². The topological polar surface area (TPSA) is 86.3 Å². The van der Waals surface area contributed by atoms with E-state index in [0.29, 0.717) is 6.54 Å². The number of hydrogen-bond donors (Lipinski definition) is 0. The standard InChI is InChI=1S/C28H33N5O4S/c1-30-27(11-15-31(16-12-27)24-9-13-29-14-10-24)19-33-26(34)18-32(20-28(30,33)21-37-2)38(35,36)25-8-7-22-5-3-4-6-23(22)17-25/h3-10,13-14,17H,11-12,15-16,18-21H2,1-2H3. The molecule has 1 spiro atoms. The number of hydrogen-bond acceptors (Lipinski definition) is 7. The van der Waals surface area contributed by atoms with Gasteiger partial charge in [0.2, 0.25) is 15.9 Å². The molecule has 6 rings (SSSR count). The molecule has 0 N–H and O–H groups in total. The summed E-state index contributed by atoms with van der Waals surface area (Å²) in [4.78, 5) is 24.4. The smallest absolute Gasteiger partial charge is 0.243 e. The summed E-state index contributed by atoms with van der Waals surface area (Å²) in [6.07, 6.45) is 5.33. The number of carbonyl (C=O) groups excluding carboxylic acids is 1. The Labute approximate surface area is 223 Å². The number of rotatable bonds is 5. The zero-order chi connectivity index (χ0) is 26.5. The minimum atomic E-state index is -3.90. The molecular formula is C28H33N5O4S. The lowest BCUT2D eigenvalue weighted by Crippen LogP contribution is -2.70. The number of amides is 1. The van der Waals surface area contributed by atoms with E-state index < -0.39 is 15.7 Å². The summed E-state index contributed by atoms with van der Waals surface area (Å²) in [7, 11) is -0.264. The molecule has 3 aliphatic rings. The van der Waals surface area contributed by atoms with E-state index in [9.17, 15) is 13.2 Å². The van der Waals surface area contributed by atoms with Gasteiger partial charge in [0, 0.05) is 50.4 Å². The fourth-order valence-corrected chi connectivity index (χ4v) is 8.06. The van der Waals surface area contributed by atoms with E-state index in [1.54, 1.807) is 31.6 Å². The van der Waals surface area contributed by atoms with E-state index in [1.807, 2.05) is 54.4 Å². The molecule has 3 fully saturated rings. The minimum absolute atomic E-state index is 0.161. The van der Waals surface area contributed by atoms with Crippen LogP contribution in [0.1, 0.15) is 12.8 Å². The molecule has 4 heterocycles. The number of piperazine rings is 1. The van der Waals surface area contributed by atoms with Gasteiger partial charge in [0.1, 0.15) is 5.66 Å². The SMILES string of the molecule is COCC12CN(S(=O)(=O)c3ccc4ccccc4c3)CC(=O)N1CC1(CCN(c3ccncc3)CC1)N2C. The van der Waals surface area contributed by atoms with Gasteiger partial charge in [0.25, 0.3) is 0 Å². The van der Waals surface area contributed by atoms with Crippen molar-refractivity contribution in [3.63, 3.8) is 0 Å². The van der Waals surface area contributed by atoms with Crippen LogP contribution in [-0.2, 0) is 19.6 Å². The van der Waals surface area contributed by atoms with E-state index in [-0.39, 0.29) is 36.0 Å². The molecule has 10 heteroatoms. The molecule has 9 nitrogen and oxygen atoms in total. The Balaban J connectivity index is 1.30. The molecule has 3 saturated heterocycles. The maximum absolute atomic E-state index is 13.9. The third kappa shape index (κ3) is 3.89. The van der Waals surface area contributed by atoms with Crippen molar-refractivity contribution >= 4 is 32.4 Å². The molecule has 1 amide bonds. The monoisotopic (exact) mass is 535 g/mol. The van der Waals surface area contributed by atoms with Crippen LogP contribution in [0.5, 0.6) is 0 Å².